The van der Waals surface area contributed by atoms with Crippen LogP contribution >= 0.6 is 0 Å². The second-order valence-corrected chi connectivity index (χ2v) is 5.31. The van der Waals surface area contributed by atoms with Gasteiger partial charge in [-0.3, -0.25) is 0 Å². The molecule has 5 nitrogen and oxygen atoms in total. The first-order valence-corrected chi connectivity index (χ1v) is 6.37. The van der Waals surface area contributed by atoms with Gasteiger partial charge in [-0.2, -0.15) is 8.42 Å². The highest BCUT2D eigenvalue weighted by atomic mass is 32.2. The van der Waals surface area contributed by atoms with Crippen molar-refractivity contribution in [3.63, 3.8) is 0 Å². The summed E-state index contributed by atoms with van der Waals surface area (Å²) in [4.78, 5) is 1.19. The smallest absolute Gasteiger partial charge is 0.406 e. The van der Waals surface area contributed by atoms with E-state index in [1.807, 2.05) is 0 Å². The second kappa shape index (κ2) is 5.47. The predicted molar refractivity (Wildman–Crippen MR) is 62.5 cm³/mol. The maximum Gasteiger partial charge on any atom is 0.573 e. The molecular formula is C10H11F3N2O3S. The number of alkyl halides is 3. The van der Waals surface area contributed by atoms with Crippen molar-refractivity contribution in [1.29, 1.82) is 0 Å². The van der Waals surface area contributed by atoms with Crippen molar-refractivity contribution in [3.8, 4) is 5.75 Å². The Labute approximate surface area is 108 Å². The molecule has 0 atom stereocenters. The molecule has 0 radical (unpaired) electrons. The fraction of sp³-hybridized carbons (Fsp3) is 0.300. The average molecular weight is 296 g/mol. The zero-order valence-electron chi connectivity index (χ0n) is 10.0. The highest BCUT2D eigenvalue weighted by Crippen LogP contribution is 2.24. The molecule has 1 aromatic carbocycles. The molecule has 0 saturated carbocycles. The molecule has 9 heteroatoms. The van der Waals surface area contributed by atoms with Crippen LogP contribution in [0.25, 0.3) is 0 Å². The van der Waals surface area contributed by atoms with Gasteiger partial charge in [0, 0.05) is 14.1 Å². The zero-order chi connectivity index (χ0) is 14.7. The number of benzene rings is 1. The third-order valence-corrected chi connectivity index (χ3v) is 3.01. The fourth-order valence-corrected chi connectivity index (χ4v) is 1.94. The van der Waals surface area contributed by atoms with Crippen LogP contribution in [0.3, 0.4) is 0 Å². The molecule has 0 spiro atoms. The average Bonchev–Trinajstić information content (AvgIpc) is 2.25. The highest BCUT2D eigenvalue weighted by molar-refractivity contribution is 7.90. The molecule has 0 N–H and O–H groups in total. The molecule has 0 aliphatic heterocycles. The molecule has 0 amide bonds. The fourth-order valence-electron chi connectivity index (χ4n) is 1.03. The lowest BCUT2D eigenvalue weighted by Crippen LogP contribution is -2.17. The normalized spacial score (nSPS) is 12.7. The predicted octanol–water partition coefficient (Wildman–Crippen LogP) is 1.86. The Morgan fingerprint density at radius 3 is 2.16 bits per heavy atom. The Kier molecular flexibility index (Phi) is 4.40. The Morgan fingerprint density at radius 1 is 1.21 bits per heavy atom. The summed E-state index contributed by atoms with van der Waals surface area (Å²) in [6.45, 7) is 0. The van der Waals surface area contributed by atoms with Crippen LogP contribution in [-0.4, -0.2) is 40.1 Å². The topological polar surface area (TPSA) is 59.0 Å². The molecule has 0 aromatic heterocycles. The third kappa shape index (κ3) is 5.16. The van der Waals surface area contributed by atoms with E-state index in [-0.39, 0.29) is 4.90 Å². The summed E-state index contributed by atoms with van der Waals surface area (Å²) in [5, 5.41) is 0. The van der Waals surface area contributed by atoms with E-state index in [0.717, 1.165) is 30.6 Å². The molecule has 0 aliphatic carbocycles. The number of halogens is 3. The quantitative estimate of drug-likeness (QED) is 0.628. The molecule has 1 rings (SSSR count). The largest absolute Gasteiger partial charge is 0.573 e. The molecule has 0 fully saturated rings. The van der Waals surface area contributed by atoms with Crippen LogP contribution in [-0.2, 0) is 10.0 Å². The molecule has 1 aromatic rings. The molecule has 0 aliphatic rings. The van der Waals surface area contributed by atoms with Crippen LogP contribution in [0.2, 0.25) is 0 Å². The van der Waals surface area contributed by atoms with Crippen molar-refractivity contribution in [3.05, 3.63) is 24.3 Å². The number of hydrogen-bond acceptors (Lipinski definition) is 3. The van der Waals surface area contributed by atoms with Crippen LogP contribution in [0.15, 0.2) is 33.6 Å². The van der Waals surface area contributed by atoms with Gasteiger partial charge in [-0.25, -0.2) is 0 Å². The molecule has 0 saturated heterocycles. The first-order chi connectivity index (χ1) is 8.60. The number of ether oxygens (including phenoxy) is 1. The summed E-state index contributed by atoms with van der Waals surface area (Å²) < 4.78 is 66.0. The molecular weight excluding hydrogens is 285 g/mol. The van der Waals surface area contributed by atoms with Crippen molar-refractivity contribution in [2.75, 3.05) is 14.1 Å². The van der Waals surface area contributed by atoms with E-state index in [1.54, 1.807) is 14.1 Å². The maximum absolute atomic E-state index is 11.9. The third-order valence-electron chi connectivity index (χ3n) is 1.77. The second-order valence-electron chi connectivity index (χ2n) is 3.68. The van der Waals surface area contributed by atoms with Gasteiger partial charge in [0.1, 0.15) is 12.1 Å². The van der Waals surface area contributed by atoms with Crippen LogP contribution in [0.5, 0.6) is 5.75 Å². The monoisotopic (exact) mass is 296 g/mol. The van der Waals surface area contributed by atoms with Crippen LogP contribution in [0.4, 0.5) is 13.2 Å². The van der Waals surface area contributed by atoms with Crippen LogP contribution < -0.4 is 4.74 Å². The van der Waals surface area contributed by atoms with E-state index < -0.39 is 22.1 Å². The van der Waals surface area contributed by atoms with Gasteiger partial charge in [-0.05, 0) is 24.3 Å². The minimum Gasteiger partial charge on any atom is -0.406 e. The van der Waals surface area contributed by atoms with Crippen LogP contribution in [0, 0.1) is 0 Å². The Bertz CT molecular complexity index is 550. The lowest BCUT2D eigenvalue weighted by Gasteiger charge is -2.08. The molecule has 0 unspecified atom stereocenters. The highest BCUT2D eigenvalue weighted by Gasteiger charge is 2.31. The summed E-state index contributed by atoms with van der Waals surface area (Å²) in [6.07, 6.45) is -3.74. The summed E-state index contributed by atoms with van der Waals surface area (Å²) in [5.74, 6) is -0.497. The lowest BCUT2D eigenvalue weighted by atomic mass is 10.3. The van der Waals surface area contributed by atoms with E-state index in [1.165, 1.54) is 4.90 Å². The van der Waals surface area contributed by atoms with E-state index >= 15 is 0 Å². The minimum atomic E-state index is -4.82. The van der Waals surface area contributed by atoms with Gasteiger partial charge in [0.2, 0.25) is 0 Å². The summed E-state index contributed by atoms with van der Waals surface area (Å²) in [6, 6.07) is 3.80. The van der Waals surface area contributed by atoms with Crippen molar-refractivity contribution >= 4 is 16.4 Å². The van der Waals surface area contributed by atoms with Gasteiger partial charge in [-0.1, -0.05) is 0 Å². The van der Waals surface area contributed by atoms with E-state index in [0.29, 0.717) is 0 Å². The Hall–Kier alpha value is -1.77. The molecule has 19 heavy (non-hydrogen) atoms. The van der Waals surface area contributed by atoms with Gasteiger partial charge in [-0.15, -0.1) is 17.6 Å². The van der Waals surface area contributed by atoms with Gasteiger partial charge >= 0.3 is 6.36 Å². The standard InChI is InChI=1S/C10H11F3N2O3S/c1-15(2)7-14-19(16,17)9-5-3-8(4-6-9)18-10(11,12)13/h3-7H,1-2H3. The number of sulfonamides is 1. The van der Waals surface area contributed by atoms with E-state index in [4.69, 9.17) is 0 Å². The molecule has 0 bridgehead atoms. The zero-order valence-corrected chi connectivity index (χ0v) is 10.9. The first kappa shape index (κ1) is 15.3. The Morgan fingerprint density at radius 2 is 1.74 bits per heavy atom. The van der Waals surface area contributed by atoms with Crippen molar-refractivity contribution < 1.29 is 26.3 Å². The lowest BCUT2D eigenvalue weighted by molar-refractivity contribution is -0.274. The minimum absolute atomic E-state index is 0.222. The van der Waals surface area contributed by atoms with Crippen molar-refractivity contribution in [1.82, 2.24) is 4.90 Å². The first-order valence-electron chi connectivity index (χ1n) is 4.93. The SMILES string of the molecule is CN(C)C=NS(=O)(=O)c1ccc(OC(F)(F)F)cc1. The summed E-state index contributed by atoms with van der Waals surface area (Å²) >= 11 is 0. The van der Waals surface area contributed by atoms with Gasteiger partial charge in [0.25, 0.3) is 10.0 Å². The Balaban J connectivity index is 2.93. The number of hydrogen-bond donors (Lipinski definition) is 0. The summed E-state index contributed by atoms with van der Waals surface area (Å²) in [5.41, 5.74) is 0. The molecule has 106 valence electrons. The van der Waals surface area contributed by atoms with E-state index in [9.17, 15) is 21.6 Å². The number of nitrogens with zero attached hydrogens (tertiary/aromatic N) is 2. The van der Waals surface area contributed by atoms with Gasteiger partial charge in [0.05, 0.1) is 4.90 Å². The summed E-state index contributed by atoms with van der Waals surface area (Å²) in [7, 11) is -0.760. The van der Waals surface area contributed by atoms with Gasteiger partial charge < -0.3 is 9.64 Å². The van der Waals surface area contributed by atoms with Crippen molar-refractivity contribution in [2.45, 2.75) is 11.3 Å². The molecule has 0 heterocycles. The van der Waals surface area contributed by atoms with Gasteiger partial charge in [0.15, 0.2) is 0 Å². The maximum atomic E-state index is 11.9. The van der Waals surface area contributed by atoms with Crippen molar-refractivity contribution in [2.24, 2.45) is 4.40 Å². The number of rotatable bonds is 4. The van der Waals surface area contributed by atoms with Crippen LogP contribution in [0.1, 0.15) is 0 Å². The van der Waals surface area contributed by atoms with E-state index in [2.05, 4.69) is 9.13 Å².